The molecule has 0 fully saturated rings. The molecular formula is C11H10O4. The summed E-state index contributed by atoms with van der Waals surface area (Å²) in [5.74, 6) is 0.167. The molecule has 0 bridgehead atoms. The molecule has 4 heteroatoms. The molecule has 0 saturated carbocycles. The molecule has 4 nitrogen and oxygen atoms in total. The van der Waals surface area contributed by atoms with Gasteiger partial charge in [-0.25, -0.2) is 0 Å². The summed E-state index contributed by atoms with van der Waals surface area (Å²) in [5.41, 5.74) is 1.60. The monoisotopic (exact) mass is 206 g/mol. The molecule has 2 aromatic rings. The van der Waals surface area contributed by atoms with E-state index in [1.165, 1.54) is 6.26 Å². The van der Waals surface area contributed by atoms with E-state index >= 15 is 0 Å². The molecule has 0 aliphatic heterocycles. The number of aliphatic carboxylic acids is 1. The maximum atomic E-state index is 10.6. The summed E-state index contributed by atoms with van der Waals surface area (Å²) >= 11 is 0. The maximum Gasteiger partial charge on any atom is 0.307 e. The zero-order chi connectivity index (χ0) is 10.8. The van der Waals surface area contributed by atoms with Gasteiger partial charge < -0.3 is 13.9 Å². The van der Waals surface area contributed by atoms with E-state index in [2.05, 4.69) is 0 Å². The van der Waals surface area contributed by atoms with Crippen LogP contribution in [0.15, 0.2) is 33.5 Å². The van der Waals surface area contributed by atoms with Crippen molar-refractivity contribution in [1.29, 1.82) is 0 Å². The fraction of sp³-hybridized carbons (Fsp3) is 0.182. The SMILES string of the molecule is Cc1coc(-c2occc2CC(=O)O)c1. The molecule has 0 aromatic carbocycles. The Balaban J connectivity index is 2.36. The van der Waals surface area contributed by atoms with E-state index < -0.39 is 5.97 Å². The third kappa shape index (κ3) is 1.93. The van der Waals surface area contributed by atoms with Gasteiger partial charge in [0.2, 0.25) is 0 Å². The minimum absolute atomic E-state index is 0.0639. The van der Waals surface area contributed by atoms with E-state index in [4.69, 9.17) is 13.9 Å². The number of furan rings is 2. The van der Waals surface area contributed by atoms with Crippen molar-refractivity contribution >= 4 is 5.97 Å². The Labute approximate surface area is 86.1 Å². The van der Waals surface area contributed by atoms with Crippen molar-refractivity contribution in [3.8, 4) is 11.5 Å². The molecule has 0 unspecified atom stereocenters. The van der Waals surface area contributed by atoms with Gasteiger partial charge in [0.1, 0.15) is 0 Å². The molecule has 0 aliphatic carbocycles. The Bertz CT molecular complexity index is 478. The normalized spacial score (nSPS) is 10.5. The zero-order valence-electron chi connectivity index (χ0n) is 8.19. The maximum absolute atomic E-state index is 10.6. The fourth-order valence-electron chi connectivity index (χ4n) is 1.40. The molecule has 2 aromatic heterocycles. The number of aryl methyl sites for hydroxylation is 1. The van der Waals surface area contributed by atoms with Gasteiger partial charge >= 0.3 is 5.97 Å². The standard InChI is InChI=1S/C11H10O4/c1-7-4-9(15-6-7)11-8(2-3-14-11)5-10(12)13/h2-4,6H,5H2,1H3,(H,12,13). The minimum atomic E-state index is -0.888. The van der Waals surface area contributed by atoms with Crippen LogP contribution in [0.4, 0.5) is 0 Å². The molecule has 15 heavy (non-hydrogen) atoms. The molecule has 0 spiro atoms. The van der Waals surface area contributed by atoms with Crippen LogP contribution < -0.4 is 0 Å². The number of carboxylic acid groups (broad SMARTS) is 1. The Morgan fingerprint density at radius 2 is 2.27 bits per heavy atom. The Morgan fingerprint density at radius 3 is 2.87 bits per heavy atom. The highest BCUT2D eigenvalue weighted by Crippen LogP contribution is 2.26. The second kappa shape index (κ2) is 3.65. The molecular weight excluding hydrogens is 196 g/mol. The number of carboxylic acids is 1. The van der Waals surface area contributed by atoms with Crippen molar-refractivity contribution in [2.24, 2.45) is 0 Å². The molecule has 2 heterocycles. The van der Waals surface area contributed by atoms with E-state index in [0.717, 1.165) is 5.56 Å². The van der Waals surface area contributed by atoms with Gasteiger partial charge in [0.15, 0.2) is 11.5 Å². The second-order valence-electron chi connectivity index (χ2n) is 3.33. The Hall–Kier alpha value is -1.97. The number of rotatable bonds is 3. The summed E-state index contributed by atoms with van der Waals surface area (Å²) in [4.78, 5) is 10.6. The lowest BCUT2D eigenvalue weighted by molar-refractivity contribution is -0.136. The van der Waals surface area contributed by atoms with Crippen molar-refractivity contribution in [2.75, 3.05) is 0 Å². The van der Waals surface area contributed by atoms with E-state index in [-0.39, 0.29) is 6.42 Å². The predicted octanol–water partition coefficient (Wildman–Crippen LogP) is 2.48. The molecule has 0 amide bonds. The number of hydrogen-bond acceptors (Lipinski definition) is 3. The van der Waals surface area contributed by atoms with Crippen LogP contribution in [0.2, 0.25) is 0 Å². The Kier molecular flexibility index (Phi) is 2.33. The lowest BCUT2D eigenvalue weighted by Crippen LogP contribution is -1.99. The van der Waals surface area contributed by atoms with Crippen LogP contribution in [0.1, 0.15) is 11.1 Å². The first-order valence-electron chi connectivity index (χ1n) is 4.50. The van der Waals surface area contributed by atoms with Gasteiger partial charge in [0.05, 0.1) is 18.9 Å². The van der Waals surface area contributed by atoms with E-state index in [9.17, 15) is 4.79 Å². The van der Waals surface area contributed by atoms with Crippen LogP contribution in [0.3, 0.4) is 0 Å². The first-order chi connectivity index (χ1) is 7.16. The van der Waals surface area contributed by atoms with Gasteiger partial charge in [-0.15, -0.1) is 0 Å². The van der Waals surface area contributed by atoms with Gasteiger partial charge in [-0.3, -0.25) is 4.79 Å². The smallest absolute Gasteiger partial charge is 0.307 e. The molecule has 78 valence electrons. The van der Waals surface area contributed by atoms with Crippen molar-refractivity contribution in [2.45, 2.75) is 13.3 Å². The predicted molar refractivity (Wildman–Crippen MR) is 52.5 cm³/mol. The van der Waals surface area contributed by atoms with E-state index in [1.807, 2.05) is 13.0 Å². The summed E-state index contributed by atoms with van der Waals surface area (Å²) in [6, 6.07) is 3.45. The van der Waals surface area contributed by atoms with Crippen LogP contribution in [-0.2, 0) is 11.2 Å². The van der Waals surface area contributed by atoms with Gasteiger partial charge in [-0.2, -0.15) is 0 Å². The third-order valence-corrected chi connectivity index (χ3v) is 2.04. The molecule has 0 atom stereocenters. The summed E-state index contributed by atoms with van der Waals surface area (Å²) < 4.78 is 10.5. The molecule has 0 radical (unpaired) electrons. The largest absolute Gasteiger partial charge is 0.481 e. The summed E-state index contributed by atoms with van der Waals surface area (Å²) in [7, 11) is 0. The average molecular weight is 206 g/mol. The van der Waals surface area contributed by atoms with Crippen LogP contribution in [0, 0.1) is 6.92 Å². The second-order valence-corrected chi connectivity index (χ2v) is 3.33. The molecule has 2 rings (SSSR count). The number of carbonyl (C=O) groups is 1. The van der Waals surface area contributed by atoms with Crippen molar-refractivity contribution in [3.05, 3.63) is 35.8 Å². The lowest BCUT2D eigenvalue weighted by atomic mass is 10.1. The quantitative estimate of drug-likeness (QED) is 0.837. The van der Waals surface area contributed by atoms with Crippen molar-refractivity contribution in [1.82, 2.24) is 0 Å². The zero-order valence-corrected chi connectivity index (χ0v) is 8.19. The highest BCUT2D eigenvalue weighted by molar-refractivity contribution is 5.73. The highest BCUT2D eigenvalue weighted by atomic mass is 16.4. The van der Waals surface area contributed by atoms with Gasteiger partial charge in [0.25, 0.3) is 0 Å². The Morgan fingerprint density at radius 1 is 1.47 bits per heavy atom. The van der Waals surface area contributed by atoms with Gasteiger partial charge in [-0.05, 0) is 24.6 Å². The molecule has 1 N–H and O–H groups in total. The minimum Gasteiger partial charge on any atom is -0.481 e. The van der Waals surface area contributed by atoms with Crippen LogP contribution in [0.5, 0.6) is 0 Å². The van der Waals surface area contributed by atoms with Crippen molar-refractivity contribution < 1.29 is 18.7 Å². The summed E-state index contributed by atoms with van der Waals surface area (Å²) in [6.07, 6.45) is 3.00. The van der Waals surface area contributed by atoms with Gasteiger partial charge in [-0.1, -0.05) is 0 Å². The average Bonchev–Trinajstić information content (AvgIpc) is 2.72. The van der Waals surface area contributed by atoms with Gasteiger partial charge in [0, 0.05) is 5.56 Å². The lowest BCUT2D eigenvalue weighted by Gasteiger charge is -1.95. The van der Waals surface area contributed by atoms with Crippen LogP contribution >= 0.6 is 0 Å². The summed E-state index contributed by atoms with van der Waals surface area (Å²) in [5, 5.41) is 8.69. The molecule has 0 aliphatic rings. The van der Waals surface area contributed by atoms with E-state index in [0.29, 0.717) is 17.1 Å². The number of hydrogen-bond donors (Lipinski definition) is 1. The topological polar surface area (TPSA) is 63.6 Å². The van der Waals surface area contributed by atoms with Crippen molar-refractivity contribution in [3.63, 3.8) is 0 Å². The van der Waals surface area contributed by atoms with Crippen LogP contribution in [-0.4, -0.2) is 11.1 Å². The molecule has 0 saturated heterocycles. The third-order valence-electron chi connectivity index (χ3n) is 2.04. The first-order valence-corrected chi connectivity index (χ1v) is 4.50. The summed E-state index contributed by atoms with van der Waals surface area (Å²) in [6.45, 7) is 1.90. The van der Waals surface area contributed by atoms with Crippen LogP contribution in [0.25, 0.3) is 11.5 Å². The van der Waals surface area contributed by atoms with E-state index in [1.54, 1.807) is 12.3 Å². The first kappa shape index (κ1) is 9.58. The fourth-order valence-corrected chi connectivity index (χ4v) is 1.40. The highest BCUT2D eigenvalue weighted by Gasteiger charge is 2.14.